The Kier molecular flexibility index (Phi) is 4.99. The minimum Gasteiger partial charge on any atom is -0.492 e. The summed E-state index contributed by atoms with van der Waals surface area (Å²) >= 11 is 0. The van der Waals surface area contributed by atoms with Gasteiger partial charge in [0.2, 0.25) is 0 Å². The van der Waals surface area contributed by atoms with Crippen LogP contribution >= 0.6 is 0 Å². The maximum absolute atomic E-state index is 12.6. The minimum atomic E-state index is -0.878. The van der Waals surface area contributed by atoms with Crippen LogP contribution in [0.1, 0.15) is 38.8 Å². The highest BCUT2D eigenvalue weighted by Crippen LogP contribution is 2.34. The highest BCUT2D eigenvalue weighted by Gasteiger charge is 2.35. The fraction of sp³-hybridized carbons (Fsp3) is 0.600. The normalized spacial score (nSPS) is 25.2. The molecular formula is C15H23NO2S. The summed E-state index contributed by atoms with van der Waals surface area (Å²) in [6.07, 6.45) is 0.934. The van der Waals surface area contributed by atoms with Crippen LogP contribution in [0.2, 0.25) is 0 Å². The second-order valence-electron chi connectivity index (χ2n) is 4.97. The summed E-state index contributed by atoms with van der Waals surface area (Å²) in [7, 11) is -0.878. The Bertz CT molecular complexity index is 450. The third-order valence-electron chi connectivity index (χ3n) is 3.72. The quantitative estimate of drug-likeness (QED) is 0.901. The molecule has 3 nitrogen and oxygen atoms in total. The molecule has 1 aromatic rings. The van der Waals surface area contributed by atoms with Crippen molar-refractivity contribution in [1.29, 1.82) is 0 Å². The zero-order valence-corrected chi connectivity index (χ0v) is 12.7. The Morgan fingerprint density at radius 2 is 2.16 bits per heavy atom. The van der Waals surface area contributed by atoms with E-state index in [0.717, 1.165) is 24.3 Å². The van der Waals surface area contributed by atoms with Gasteiger partial charge in [-0.25, -0.2) is 0 Å². The van der Waals surface area contributed by atoms with Crippen LogP contribution in [0.5, 0.6) is 5.75 Å². The molecule has 4 heteroatoms. The van der Waals surface area contributed by atoms with Gasteiger partial charge in [0.05, 0.1) is 11.3 Å². The fourth-order valence-electron chi connectivity index (χ4n) is 2.46. The summed E-state index contributed by atoms with van der Waals surface area (Å²) in [5, 5.41) is 3.72. The Balaban J connectivity index is 2.29. The molecule has 1 aliphatic rings. The molecule has 1 N–H and O–H groups in total. The van der Waals surface area contributed by atoms with Gasteiger partial charge in [0, 0.05) is 21.6 Å². The number of nitrogens with one attached hydrogen (secondary N) is 1. The topological polar surface area (TPSA) is 38.3 Å². The molecule has 0 saturated carbocycles. The molecule has 1 aromatic carbocycles. The summed E-state index contributed by atoms with van der Waals surface area (Å²) in [6.45, 7) is 7.63. The van der Waals surface area contributed by atoms with Gasteiger partial charge in [-0.15, -0.1) is 0 Å². The number of hydrogen-bond donors (Lipinski definition) is 1. The standard InChI is InChI=1S/C15H23NO2S/c1-4-11(3)19(17)14-10-18-13-9-7-6-8-12(13)15(14)16-5-2/h6-9,11,14-16H,4-5,10H2,1-3H3. The first-order chi connectivity index (χ1) is 9.19. The maximum atomic E-state index is 12.6. The van der Waals surface area contributed by atoms with Gasteiger partial charge in [0.1, 0.15) is 12.4 Å². The molecule has 1 aliphatic heterocycles. The summed E-state index contributed by atoms with van der Waals surface area (Å²) in [5.41, 5.74) is 1.14. The van der Waals surface area contributed by atoms with E-state index >= 15 is 0 Å². The van der Waals surface area contributed by atoms with Crippen molar-refractivity contribution in [2.45, 2.75) is 43.7 Å². The van der Waals surface area contributed by atoms with Gasteiger partial charge < -0.3 is 10.1 Å². The number of benzene rings is 1. The van der Waals surface area contributed by atoms with Crippen LogP contribution in [-0.4, -0.2) is 27.9 Å². The maximum Gasteiger partial charge on any atom is 0.124 e. The van der Waals surface area contributed by atoms with E-state index in [4.69, 9.17) is 4.74 Å². The monoisotopic (exact) mass is 281 g/mol. The molecule has 1 heterocycles. The number of fused-ring (bicyclic) bond motifs is 1. The fourth-order valence-corrected chi connectivity index (χ4v) is 4.10. The summed E-state index contributed by atoms with van der Waals surface area (Å²) in [4.78, 5) is 0. The van der Waals surface area contributed by atoms with Crippen molar-refractivity contribution >= 4 is 10.8 Å². The lowest BCUT2D eigenvalue weighted by atomic mass is 10.0. The second-order valence-corrected chi connectivity index (χ2v) is 7.04. The van der Waals surface area contributed by atoms with Crippen LogP contribution in [0.25, 0.3) is 0 Å². The molecule has 0 saturated heterocycles. The highest BCUT2D eigenvalue weighted by atomic mass is 32.2. The molecule has 19 heavy (non-hydrogen) atoms. The predicted molar refractivity (Wildman–Crippen MR) is 80.0 cm³/mol. The number of para-hydroxylation sites is 1. The van der Waals surface area contributed by atoms with Gasteiger partial charge in [-0.2, -0.15) is 0 Å². The average Bonchev–Trinajstić information content (AvgIpc) is 2.46. The molecule has 0 aromatic heterocycles. The molecule has 0 aliphatic carbocycles. The van der Waals surface area contributed by atoms with Crippen molar-refractivity contribution in [3.05, 3.63) is 29.8 Å². The molecule has 2 rings (SSSR count). The number of rotatable bonds is 5. The molecule has 0 bridgehead atoms. The Morgan fingerprint density at radius 1 is 1.42 bits per heavy atom. The largest absolute Gasteiger partial charge is 0.492 e. The first kappa shape index (κ1) is 14.5. The second kappa shape index (κ2) is 6.53. The van der Waals surface area contributed by atoms with Crippen LogP contribution < -0.4 is 10.1 Å². The van der Waals surface area contributed by atoms with Crippen LogP contribution in [0.4, 0.5) is 0 Å². The van der Waals surface area contributed by atoms with E-state index in [1.165, 1.54) is 0 Å². The predicted octanol–water partition coefficient (Wildman–Crippen LogP) is 2.65. The lowest BCUT2D eigenvalue weighted by molar-refractivity contribution is 0.258. The molecule has 106 valence electrons. The van der Waals surface area contributed by atoms with Crippen LogP contribution in [0.15, 0.2) is 24.3 Å². The third kappa shape index (κ3) is 3.00. The SMILES string of the molecule is CCNC1c2ccccc2OCC1S(=O)C(C)CC. The molecular weight excluding hydrogens is 258 g/mol. The summed E-state index contributed by atoms with van der Waals surface area (Å²) in [5.74, 6) is 0.922. The van der Waals surface area contributed by atoms with Crippen molar-refractivity contribution < 1.29 is 8.95 Å². The van der Waals surface area contributed by atoms with Crippen molar-refractivity contribution in [2.75, 3.05) is 13.2 Å². The zero-order chi connectivity index (χ0) is 13.8. The Morgan fingerprint density at radius 3 is 2.84 bits per heavy atom. The molecule has 0 spiro atoms. The molecule has 4 unspecified atom stereocenters. The first-order valence-corrected chi connectivity index (χ1v) is 8.31. The van der Waals surface area contributed by atoms with Gasteiger partial charge in [0.25, 0.3) is 0 Å². The molecule has 0 amide bonds. The van der Waals surface area contributed by atoms with Gasteiger partial charge in [-0.05, 0) is 19.0 Å². The van der Waals surface area contributed by atoms with Crippen LogP contribution in [0, 0.1) is 0 Å². The first-order valence-electron chi connectivity index (χ1n) is 7.03. The van der Waals surface area contributed by atoms with Crippen molar-refractivity contribution in [2.24, 2.45) is 0 Å². The average molecular weight is 281 g/mol. The highest BCUT2D eigenvalue weighted by molar-refractivity contribution is 7.86. The summed E-state index contributed by atoms with van der Waals surface area (Å²) in [6, 6.07) is 8.18. The van der Waals surface area contributed by atoms with Crippen molar-refractivity contribution in [1.82, 2.24) is 5.32 Å². The molecule has 0 radical (unpaired) electrons. The van der Waals surface area contributed by atoms with Crippen LogP contribution in [0.3, 0.4) is 0 Å². The van der Waals surface area contributed by atoms with E-state index in [2.05, 4.69) is 32.2 Å². The van der Waals surface area contributed by atoms with Crippen LogP contribution in [-0.2, 0) is 10.8 Å². The van der Waals surface area contributed by atoms with E-state index in [1.54, 1.807) is 0 Å². The molecule has 4 atom stereocenters. The Labute approximate surface area is 118 Å². The van der Waals surface area contributed by atoms with E-state index < -0.39 is 10.8 Å². The molecule has 0 fully saturated rings. The number of hydrogen-bond acceptors (Lipinski definition) is 3. The number of ether oxygens (including phenoxy) is 1. The van der Waals surface area contributed by atoms with E-state index in [0.29, 0.717) is 6.61 Å². The van der Waals surface area contributed by atoms with Gasteiger partial charge in [-0.1, -0.05) is 39.0 Å². The van der Waals surface area contributed by atoms with E-state index in [1.807, 2.05) is 18.2 Å². The summed E-state index contributed by atoms with van der Waals surface area (Å²) < 4.78 is 18.4. The smallest absolute Gasteiger partial charge is 0.124 e. The lowest BCUT2D eigenvalue weighted by Crippen LogP contribution is -2.44. The van der Waals surface area contributed by atoms with Crippen molar-refractivity contribution in [3.8, 4) is 5.75 Å². The minimum absolute atomic E-state index is 0.0322. The van der Waals surface area contributed by atoms with Gasteiger partial charge in [-0.3, -0.25) is 4.21 Å². The van der Waals surface area contributed by atoms with E-state index in [-0.39, 0.29) is 16.5 Å². The third-order valence-corrected chi connectivity index (χ3v) is 5.85. The van der Waals surface area contributed by atoms with Crippen molar-refractivity contribution in [3.63, 3.8) is 0 Å². The van der Waals surface area contributed by atoms with E-state index in [9.17, 15) is 4.21 Å². The zero-order valence-electron chi connectivity index (χ0n) is 11.9. The Hall–Kier alpha value is -0.870. The lowest BCUT2D eigenvalue weighted by Gasteiger charge is -2.34. The van der Waals surface area contributed by atoms with Gasteiger partial charge >= 0.3 is 0 Å². The van der Waals surface area contributed by atoms with Gasteiger partial charge in [0.15, 0.2) is 0 Å².